The third-order valence-electron chi connectivity index (χ3n) is 3.05. The molecule has 4 atom stereocenters. The van der Waals surface area contributed by atoms with Crippen molar-refractivity contribution in [3.8, 4) is 11.8 Å². The first-order valence-electron chi connectivity index (χ1n) is 5.91. The van der Waals surface area contributed by atoms with Gasteiger partial charge in [0.25, 0.3) is 5.56 Å². The van der Waals surface area contributed by atoms with Gasteiger partial charge in [0.1, 0.15) is 30.0 Å². The molecule has 0 amide bonds. The summed E-state index contributed by atoms with van der Waals surface area (Å²) in [6.07, 6.45) is -4.86. The Hall–Kier alpha value is -1.92. The molecule has 0 aromatic carbocycles. The van der Waals surface area contributed by atoms with Gasteiger partial charge in [-0.1, -0.05) is 5.92 Å². The van der Waals surface area contributed by atoms with Gasteiger partial charge in [-0.2, -0.15) is 0 Å². The van der Waals surface area contributed by atoms with Crippen molar-refractivity contribution in [3.63, 3.8) is 0 Å². The van der Waals surface area contributed by atoms with Crippen molar-refractivity contribution < 1.29 is 20.1 Å². The number of hydrogen-bond acceptors (Lipinski definition) is 6. The quantitative estimate of drug-likeness (QED) is 0.383. The summed E-state index contributed by atoms with van der Waals surface area (Å²) in [4.78, 5) is 27.4. The van der Waals surface area contributed by atoms with Gasteiger partial charge in [0.2, 0.25) is 0 Å². The first-order chi connectivity index (χ1) is 9.49. The third-order valence-corrected chi connectivity index (χ3v) is 3.05. The first-order valence-corrected chi connectivity index (χ1v) is 5.91. The molecule has 2 heterocycles. The number of H-pyrrole nitrogens is 2. The molecule has 108 valence electrons. The minimum atomic E-state index is -1.39. The highest BCUT2D eigenvalue weighted by Crippen LogP contribution is 2.32. The Morgan fingerprint density at radius 3 is 2.50 bits per heavy atom. The van der Waals surface area contributed by atoms with Crippen LogP contribution in [0, 0.1) is 11.8 Å². The van der Waals surface area contributed by atoms with Crippen LogP contribution >= 0.6 is 0 Å². The molecule has 1 aromatic heterocycles. The Morgan fingerprint density at radius 1 is 1.25 bits per heavy atom. The molecule has 1 saturated heterocycles. The van der Waals surface area contributed by atoms with Crippen LogP contribution < -0.4 is 11.2 Å². The standard InChI is InChI=1S/C12H14N2O6/c1-2-3-5-7(13-12(19)14-11(5)18)10-9(17)8(16)6(4-15)20-10/h6,8-10,15-17H,4H2,1H3,(H2,13,14,18,19)/t6-,8-,9+,10?/m1/s1. The van der Waals surface area contributed by atoms with E-state index < -0.39 is 42.3 Å². The molecule has 0 saturated carbocycles. The molecule has 1 aromatic rings. The minimum absolute atomic E-state index is 0.0180. The van der Waals surface area contributed by atoms with Crippen molar-refractivity contribution in [1.82, 2.24) is 9.97 Å². The zero-order valence-electron chi connectivity index (χ0n) is 10.6. The molecule has 5 N–H and O–H groups in total. The van der Waals surface area contributed by atoms with Crippen LogP contribution in [0.2, 0.25) is 0 Å². The summed E-state index contributed by atoms with van der Waals surface area (Å²) in [7, 11) is 0. The summed E-state index contributed by atoms with van der Waals surface area (Å²) in [6, 6.07) is 0. The van der Waals surface area contributed by atoms with Crippen LogP contribution in [0.4, 0.5) is 0 Å². The van der Waals surface area contributed by atoms with E-state index in [1.54, 1.807) is 0 Å². The molecule has 1 fully saturated rings. The molecule has 8 nitrogen and oxygen atoms in total. The maximum absolute atomic E-state index is 11.7. The molecule has 0 radical (unpaired) electrons. The lowest BCUT2D eigenvalue weighted by atomic mass is 10.0. The number of aromatic amines is 2. The van der Waals surface area contributed by atoms with Gasteiger partial charge < -0.3 is 25.0 Å². The summed E-state index contributed by atoms with van der Waals surface area (Å²) in [6.45, 7) is 1.00. The fourth-order valence-electron chi connectivity index (χ4n) is 2.10. The van der Waals surface area contributed by atoms with Gasteiger partial charge in [-0.25, -0.2) is 4.79 Å². The first kappa shape index (κ1) is 14.5. The topological polar surface area (TPSA) is 136 Å². The normalized spacial score (nSPS) is 29.0. The van der Waals surface area contributed by atoms with Gasteiger partial charge in [0.05, 0.1) is 12.3 Å². The highest BCUT2D eigenvalue weighted by Gasteiger charge is 2.44. The minimum Gasteiger partial charge on any atom is -0.394 e. The van der Waals surface area contributed by atoms with E-state index in [1.165, 1.54) is 6.92 Å². The molecular weight excluding hydrogens is 268 g/mol. The summed E-state index contributed by atoms with van der Waals surface area (Å²) < 4.78 is 5.28. The van der Waals surface area contributed by atoms with Gasteiger partial charge in [0, 0.05) is 0 Å². The van der Waals surface area contributed by atoms with Crippen molar-refractivity contribution in [2.45, 2.75) is 31.3 Å². The largest absolute Gasteiger partial charge is 0.394 e. The van der Waals surface area contributed by atoms with E-state index in [-0.39, 0.29) is 11.3 Å². The molecule has 8 heteroatoms. The predicted molar refractivity (Wildman–Crippen MR) is 66.9 cm³/mol. The summed E-state index contributed by atoms with van der Waals surface area (Å²) in [5.74, 6) is 5.04. The van der Waals surface area contributed by atoms with Crippen molar-refractivity contribution >= 4 is 0 Å². The highest BCUT2D eigenvalue weighted by atomic mass is 16.6. The van der Waals surface area contributed by atoms with E-state index in [9.17, 15) is 19.8 Å². The molecule has 0 spiro atoms. The van der Waals surface area contributed by atoms with E-state index in [0.717, 1.165) is 0 Å². The highest BCUT2D eigenvalue weighted by molar-refractivity contribution is 5.37. The Kier molecular flexibility index (Phi) is 4.06. The second-order valence-electron chi connectivity index (χ2n) is 4.33. The summed E-state index contributed by atoms with van der Waals surface area (Å²) in [5.41, 5.74) is -1.56. The van der Waals surface area contributed by atoms with Crippen LogP contribution in [-0.2, 0) is 4.74 Å². The van der Waals surface area contributed by atoms with Crippen molar-refractivity contribution in [2.75, 3.05) is 6.61 Å². The zero-order chi connectivity index (χ0) is 14.9. The van der Waals surface area contributed by atoms with Gasteiger partial charge in [0.15, 0.2) is 0 Å². The zero-order valence-corrected chi connectivity index (χ0v) is 10.6. The lowest BCUT2D eigenvalue weighted by molar-refractivity contribution is -0.0241. The maximum atomic E-state index is 11.7. The molecule has 20 heavy (non-hydrogen) atoms. The van der Waals surface area contributed by atoms with Crippen LogP contribution in [0.25, 0.3) is 0 Å². The van der Waals surface area contributed by atoms with Gasteiger partial charge in [-0.05, 0) is 6.92 Å². The molecule has 1 aliphatic rings. The van der Waals surface area contributed by atoms with Crippen LogP contribution in [0.5, 0.6) is 0 Å². The maximum Gasteiger partial charge on any atom is 0.326 e. The molecular formula is C12H14N2O6. The average molecular weight is 282 g/mol. The summed E-state index contributed by atoms with van der Waals surface area (Å²) >= 11 is 0. The van der Waals surface area contributed by atoms with Gasteiger partial charge in [-0.15, -0.1) is 5.92 Å². The monoisotopic (exact) mass is 282 g/mol. The number of nitrogens with one attached hydrogen (secondary N) is 2. The number of aromatic nitrogens is 2. The van der Waals surface area contributed by atoms with Gasteiger partial charge >= 0.3 is 5.69 Å². The lowest BCUT2D eigenvalue weighted by Crippen LogP contribution is -2.34. The Labute approximate surface area is 113 Å². The fourth-order valence-corrected chi connectivity index (χ4v) is 2.10. The molecule has 1 unspecified atom stereocenters. The number of aliphatic hydroxyl groups is 3. The van der Waals surface area contributed by atoms with Crippen molar-refractivity contribution in [2.24, 2.45) is 0 Å². The van der Waals surface area contributed by atoms with E-state index in [2.05, 4.69) is 16.8 Å². The molecule has 0 aliphatic carbocycles. The van der Waals surface area contributed by atoms with E-state index >= 15 is 0 Å². The molecule has 0 bridgehead atoms. The average Bonchev–Trinajstić information content (AvgIpc) is 2.69. The fraction of sp³-hybridized carbons (Fsp3) is 0.500. The van der Waals surface area contributed by atoms with E-state index in [4.69, 9.17) is 9.84 Å². The SMILES string of the molecule is CC#Cc1c(C2O[C@H](CO)[C@@H](O)[C@@H]2O)[nH]c(=O)[nH]c1=O. The van der Waals surface area contributed by atoms with Gasteiger partial charge in [-0.3, -0.25) is 9.78 Å². The van der Waals surface area contributed by atoms with E-state index in [1.807, 2.05) is 4.98 Å². The summed E-state index contributed by atoms with van der Waals surface area (Å²) in [5, 5.41) is 28.7. The van der Waals surface area contributed by atoms with Crippen LogP contribution in [-0.4, -0.2) is 50.2 Å². The van der Waals surface area contributed by atoms with E-state index in [0.29, 0.717) is 0 Å². The van der Waals surface area contributed by atoms with Crippen molar-refractivity contribution in [3.05, 3.63) is 32.1 Å². The number of hydrogen-bond donors (Lipinski definition) is 5. The Bertz CT molecular complexity index is 667. The number of aliphatic hydroxyl groups excluding tert-OH is 3. The van der Waals surface area contributed by atoms with Crippen LogP contribution in [0.15, 0.2) is 9.59 Å². The Balaban J connectivity index is 2.55. The van der Waals surface area contributed by atoms with Crippen LogP contribution in [0.1, 0.15) is 24.3 Å². The molecule has 1 aliphatic heterocycles. The predicted octanol–water partition coefficient (Wildman–Crippen LogP) is -2.41. The van der Waals surface area contributed by atoms with Crippen molar-refractivity contribution in [1.29, 1.82) is 0 Å². The molecule has 2 rings (SSSR count). The number of rotatable bonds is 2. The Morgan fingerprint density at radius 2 is 1.95 bits per heavy atom. The lowest BCUT2D eigenvalue weighted by Gasteiger charge is -2.15. The smallest absolute Gasteiger partial charge is 0.326 e. The number of ether oxygens (including phenoxy) is 1. The van der Waals surface area contributed by atoms with Crippen LogP contribution in [0.3, 0.4) is 0 Å². The third kappa shape index (κ3) is 2.39. The second-order valence-corrected chi connectivity index (χ2v) is 4.33. The second kappa shape index (κ2) is 5.60.